The second-order valence-electron chi connectivity index (χ2n) is 5.79. The lowest BCUT2D eigenvalue weighted by Crippen LogP contribution is -2.03. The van der Waals surface area contributed by atoms with Crippen molar-refractivity contribution < 1.29 is 4.74 Å². The number of pyridine rings is 1. The van der Waals surface area contributed by atoms with Crippen LogP contribution >= 0.6 is 11.3 Å². The third kappa shape index (κ3) is 3.35. The third-order valence-corrected chi connectivity index (χ3v) is 4.84. The molecule has 2 aromatic carbocycles. The topological polar surface area (TPSA) is 34.1 Å². The molecule has 2 heterocycles. The molecule has 2 aromatic heterocycles. The Morgan fingerprint density at radius 1 is 1.04 bits per heavy atom. The number of ether oxygens (including phenoxy) is 1. The van der Waals surface area contributed by atoms with Crippen LogP contribution in [0.2, 0.25) is 0 Å². The third-order valence-electron chi connectivity index (χ3n) is 4.16. The lowest BCUT2D eigenvalue weighted by Gasteiger charge is -2.12. The fourth-order valence-corrected chi connectivity index (χ4v) is 3.50. The van der Waals surface area contributed by atoms with Crippen LogP contribution in [0.1, 0.15) is 5.56 Å². The first kappa shape index (κ1) is 15.7. The number of para-hydroxylation sites is 1. The molecule has 0 saturated carbocycles. The summed E-state index contributed by atoms with van der Waals surface area (Å²) >= 11 is 1.69. The molecule has 0 spiro atoms. The van der Waals surface area contributed by atoms with Crippen LogP contribution < -0.4 is 10.1 Å². The van der Waals surface area contributed by atoms with Crippen LogP contribution in [0, 0.1) is 0 Å². The van der Waals surface area contributed by atoms with E-state index in [0.29, 0.717) is 0 Å². The van der Waals surface area contributed by atoms with E-state index in [9.17, 15) is 0 Å². The molecule has 4 aromatic rings. The summed E-state index contributed by atoms with van der Waals surface area (Å²) in [6.45, 7) is 0.726. The van der Waals surface area contributed by atoms with Gasteiger partial charge in [0.05, 0.1) is 18.3 Å². The van der Waals surface area contributed by atoms with Gasteiger partial charge in [0.25, 0.3) is 0 Å². The number of rotatable bonds is 5. The van der Waals surface area contributed by atoms with Gasteiger partial charge in [-0.15, -0.1) is 0 Å². The zero-order chi connectivity index (χ0) is 17.1. The SMILES string of the molecule is COc1ccc2cc(CNc3ccccc3)c(-c3ccsc3)nc2c1. The van der Waals surface area contributed by atoms with Gasteiger partial charge in [-0.05, 0) is 47.3 Å². The molecule has 25 heavy (non-hydrogen) atoms. The molecule has 4 heteroatoms. The highest BCUT2D eigenvalue weighted by Gasteiger charge is 2.10. The minimum absolute atomic E-state index is 0.726. The fourth-order valence-electron chi connectivity index (χ4n) is 2.85. The Morgan fingerprint density at radius 2 is 1.92 bits per heavy atom. The van der Waals surface area contributed by atoms with Crippen LogP contribution in [-0.4, -0.2) is 12.1 Å². The molecular weight excluding hydrogens is 328 g/mol. The van der Waals surface area contributed by atoms with Crippen molar-refractivity contribution in [3.8, 4) is 17.0 Å². The predicted octanol–water partition coefficient (Wildman–Crippen LogP) is 5.58. The maximum absolute atomic E-state index is 5.34. The van der Waals surface area contributed by atoms with Crippen LogP contribution in [0.4, 0.5) is 5.69 Å². The van der Waals surface area contributed by atoms with Gasteiger partial charge in [0.1, 0.15) is 5.75 Å². The Hall–Kier alpha value is -2.85. The summed E-state index contributed by atoms with van der Waals surface area (Å²) < 4.78 is 5.34. The minimum atomic E-state index is 0.726. The summed E-state index contributed by atoms with van der Waals surface area (Å²) in [5, 5.41) is 8.83. The van der Waals surface area contributed by atoms with Gasteiger partial charge in [-0.1, -0.05) is 18.2 Å². The summed E-state index contributed by atoms with van der Waals surface area (Å²) in [6, 6.07) is 20.6. The maximum atomic E-state index is 5.34. The molecule has 0 fully saturated rings. The van der Waals surface area contributed by atoms with Gasteiger partial charge < -0.3 is 10.1 Å². The van der Waals surface area contributed by atoms with Crippen LogP contribution in [0.3, 0.4) is 0 Å². The Labute approximate surface area is 150 Å². The van der Waals surface area contributed by atoms with Crippen LogP contribution in [0.25, 0.3) is 22.2 Å². The van der Waals surface area contributed by atoms with Gasteiger partial charge in [0.15, 0.2) is 0 Å². The monoisotopic (exact) mass is 346 g/mol. The second-order valence-corrected chi connectivity index (χ2v) is 6.57. The number of benzene rings is 2. The first-order valence-electron chi connectivity index (χ1n) is 8.12. The number of thiophene rings is 1. The molecular formula is C21H18N2OS. The van der Waals surface area contributed by atoms with E-state index >= 15 is 0 Å². The van der Waals surface area contributed by atoms with Crippen molar-refractivity contribution in [3.05, 3.63) is 77.0 Å². The largest absolute Gasteiger partial charge is 0.497 e. The number of nitrogens with one attached hydrogen (secondary N) is 1. The quantitative estimate of drug-likeness (QED) is 0.512. The molecule has 0 aliphatic rings. The molecule has 4 rings (SSSR count). The van der Waals surface area contributed by atoms with Gasteiger partial charge >= 0.3 is 0 Å². The summed E-state index contributed by atoms with van der Waals surface area (Å²) in [5.74, 6) is 0.825. The van der Waals surface area contributed by atoms with E-state index in [1.807, 2.05) is 30.3 Å². The lowest BCUT2D eigenvalue weighted by molar-refractivity contribution is 0.415. The minimum Gasteiger partial charge on any atom is -0.497 e. The zero-order valence-electron chi connectivity index (χ0n) is 13.9. The van der Waals surface area contributed by atoms with E-state index in [4.69, 9.17) is 9.72 Å². The highest BCUT2D eigenvalue weighted by atomic mass is 32.1. The Morgan fingerprint density at radius 3 is 2.68 bits per heavy atom. The molecule has 0 atom stereocenters. The Balaban J connectivity index is 1.76. The number of aromatic nitrogens is 1. The van der Waals surface area contributed by atoms with Gasteiger partial charge in [0.2, 0.25) is 0 Å². The standard InChI is InChI=1S/C21H18N2OS/c1-24-19-8-7-15-11-17(13-22-18-5-3-2-4-6-18)21(23-20(15)12-19)16-9-10-25-14-16/h2-12,14,22H,13H2,1H3. The number of hydrogen-bond donors (Lipinski definition) is 1. The average molecular weight is 346 g/mol. The molecule has 0 aliphatic heterocycles. The summed E-state index contributed by atoms with van der Waals surface area (Å²) in [4.78, 5) is 4.93. The van der Waals surface area contributed by atoms with E-state index in [2.05, 4.69) is 46.4 Å². The molecule has 0 saturated heterocycles. The molecule has 0 radical (unpaired) electrons. The van der Waals surface area contributed by atoms with Crippen molar-refractivity contribution in [2.45, 2.75) is 6.54 Å². The van der Waals surface area contributed by atoms with Gasteiger partial charge in [0, 0.05) is 34.6 Å². The number of fused-ring (bicyclic) bond motifs is 1. The van der Waals surface area contributed by atoms with Crippen LogP contribution in [-0.2, 0) is 6.54 Å². The number of hydrogen-bond acceptors (Lipinski definition) is 4. The van der Waals surface area contributed by atoms with Crippen molar-refractivity contribution in [1.29, 1.82) is 0 Å². The maximum Gasteiger partial charge on any atom is 0.121 e. The highest BCUT2D eigenvalue weighted by molar-refractivity contribution is 7.08. The number of methoxy groups -OCH3 is 1. The molecule has 124 valence electrons. The number of nitrogens with zero attached hydrogens (tertiary/aromatic N) is 1. The lowest BCUT2D eigenvalue weighted by atomic mass is 10.0. The van der Waals surface area contributed by atoms with Crippen LogP contribution in [0.5, 0.6) is 5.75 Å². The molecule has 0 aliphatic carbocycles. The molecule has 1 N–H and O–H groups in total. The van der Waals surface area contributed by atoms with E-state index < -0.39 is 0 Å². The predicted molar refractivity (Wildman–Crippen MR) is 105 cm³/mol. The van der Waals surface area contributed by atoms with Crippen molar-refractivity contribution in [2.24, 2.45) is 0 Å². The summed E-state index contributed by atoms with van der Waals surface area (Å²) in [6.07, 6.45) is 0. The van der Waals surface area contributed by atoms with Crippen LogP contribution in [0.15, 0.2) is 71.4 Å². The normalized spacial score (nSPS) is 10.8. The molecule has 0 amide bonds. The first-order valence-corrected chi connectivity index (χ1v) is 9.07. The van der Waals surface area contributed by atoms with Crippen molar-refractivity contribution >= 4 is 27.9 Å². The zero-order valence-corrected chi connectivity index (χ0v) is 14.7. The van der Waals surface area contributed by atoms with Gasteiger partial charge in [-0.2, -0.15) is 11.3 Å². The Bertz CT molecular complexity index is 982. The van der Waals surface area contributed by atoms with Crippen molar-refractivity contribution in [1.82, 2.24) is 4.98 Å². The summed E-state index contributed by atoms with van der Waals surface area (Å²) in [5.41, 5.74) is 5.41. The molecule has 3 nitrogen and oxygen atoms in total. The summed E-state index contributed by atoms with van der Waals surface area (Å²) in [7, 11) is 1.68. The second kappa shape index (κ2) is 6.95. The number of anilines is 1. The van der Waals surface area contributed by atoms with Crippen molar-refractivity contribution in [3.63, 3.8) is 0 Å². The first-order chi connectivity index (χ1) is 12.3. The smallest absolute Gasteiger partial charge is 0.121 e. The van der Waals surface area contributed by atoms with Gasteiger partial charge in [-0.25, -0.2) is 4.98 Å². The van der Waals surface area contributed by atoms with E-state index in [1.54, 1.807) is 18.4 Å². The van der Waals surface area contributed by atoms with E-state index in [0.717, 1.165) is 40.1 Å². The van der Waals surface area contributed by atoms with Crippen molar-refractivity contribution in [2.75, 3.05) is 12.4 Å². The Kier molecular flexibility index (Phi) is 4.36. The molecule has 0 bridgehead atoms. The average Bonchev–Trinajstić information content (AvgIpc) is 3.20. The van der Waals surface area contributed by atoms with E-state index in [1.165, 1.54) is 5.56 Å². The molecule has 0 unspecified atom stereocenters. The van der Waals surface area contributed by atoms with E-state index in [-0.39, 0.29) is 0 Å². The highest BCUT2D eigenvalue weighted by Crippen LogP contribution is 2.29. The fraction of sp³-hybridized carbons (Fsp3) is 0.0952. The van der Waals surface area contributed by atoms with Gasteiger partial charge in [-0.3, -0.25) is 0 Å².